The lowest BCUT2D eigenvalue weighted by Crippen LogP contribution is -2.58. The molecule has 1 saturated carbocycles. The Bertz CT molecular complexity index is 224. The van der Waals surface area contributed by atoms with E-state index in [9.17, 15) is 0 Å². The van der Waals surface area contributed by atoms with Gasteiger partial charge in [0.05, 0.1) is 6.61 Å². The fraction of sp³-hybridized carbons (Fsp3) is 1.00. The lowest BCUT2D eigenvalue weighted by Gasteiger charge is -2.49. The number of nitrogens with two attached hydrogens (primary N) is 1. The molecule has 0 amide bonds. The van der Waals surface area contributed by atoms with Gasteiger partial charge < -0.3 is 10.5 Å². The third-order valence-corrected chi connectivity index (χ3v) is 4.76. The van der Waals surface area contributed by atoms with Gasteiger partial charge in [0.2, 0.25) is 0 Å². The van der Waals surface area contributed by atoms with Crippen molar-refractivity contribution in [2.75, 3.05) is 33.4 Å². The molecule has 2 fully saturated rings. The highest BCUT2D eigenvalue weighted by molar-refractivity contribution is 4.96. The second-order valence-corrected chi connectivity index (χ2v) is 5.90. The fourth-order valence-electron chi connectivity index (χ4n) is 3.73. The maximum atomic E-state index is 6.12. The summed E-state index contributed by atoms with van der Waals surface area (Å²) < 4.78 is 5.33. The number of rotatable bonds is 4. The van der Waals surface area contributed by atoms with Crippen molar-refractivity contribution in [1.29, 1.82) is 0 Å². The van der Waals surface area contributed by atoms with Gasteiger partial charge in [-0.3, -0.25) is 4.90 Å². The predicted molar refractivity (Wildman–Crippen MR) is 71.0 cm³/mol. The summed E-state index contributed by atoms with van der Waals surface area (Å²) in [5.41, 5.74) is 6.44. The van der Waals surface area contributed by atoms with Crippen LogP contribution in [0.1, 0.15) is 44.9 Å². The Balaban J connectivity index is 1.98. The molecule has 1 heterocycles. The van der Waals surface area contributed by atoms with Gasteiger partial charge in [0.1, 0.15) is 0 Å². The summed E-state index contributed by atoms with van der Waals surface area (Å²) in [5.74, 6) is 0.721. The minimum atomic E-state index is 0.324. The number of methoxy groups -OCH3 is 1. The van der Waals surface area contributed by atoms with Gasteiger partial charge in [0.15, 0.2) is 0 Å². The molecule has 2 rings (SSSR count). The first-order chi connectivity index (χ1) is 8.30. The molecule has 3 nitrogen and oxygen atoms in total. The largest absolute Gasteiger partial charge is 0.384 e. The summed E-state index contributed by atoms with van der Waals surface area (Å²) in [5, 5.41) is 0. The second kappa shape index (κ2) is 6.17. The van der Waals surface area contributed by atoms with Crippen LogP contribution in [0.15, 0.2) is 0 Å². The van der Waals surface area contributed by atoms with E-state index in [4.69, 9.17) is 10.5 Å². The standard InChI is InChI=1S/C14H28N2O/c1-17-11-13-6-5-9-16(10-13)14(12-15)7-3-2-4-8-14/h13H,2-12,15H2,1H3. The highest BCUT2D eigenvalue weighted by Gasteiger charge is 2.38. The minimum Gasteiger partial charge on any atom is -0.384 e. The zero-order chi connectivity index (χ0) is 12.1. The van der Waals surface area contributed by atoms with E-state index in [1.54, 1.807) is 0 Å². The van der Waals surface area contributed by atoms with Crippen molar-refractivity contribution in [3.05, 3.63) is 0 Å². The Morgan fingerprint density at radius 3 is 2.65 bits per heavy atom. The Kier molecular flexibility index (Phi) is 4.83. The summed E-state index contributed by atoms with van der Waals surface area (Å²) in [4.78, 5) is 2.69. The van der Waals surface area contributed by atoms with Crippen LogP contribution in [-0.4, -0.2) is 43.8 Å². The molecule has 0 aromatic carbocycles. The van der Waals surface area contributed by atoms with Crippen LogP contribution in [0.5, 0.6) is 0 Å². The van der Waals surface area contributed by atoms with E-state index in [0.717, 1.165) is 19.1 Å². The van der Waals surface area contributed by atoms with Crippen LogP contribution in [0.2, 0.25) is 0 Å². The topological polar surface area (TPSA) is 38.5 Å². The van der Waals surface area contributed by atoms with Gasteiger partial charge in [-0.2, -0.15) is 0 Å². The maximum Gasteiger partial charge on any atom is 0.0502 e. The zero-order valence-corrected chi connectivity index (χ0v) is 11.3. The highest BCUT2D eigenvalue weighted by Crippen LogP contribution is 2.35. The van der Waals surface area contributed by atoms with Gasteiger partial charge in [-0.1, -0.05) is 19.3 Å². The average molecular weight is 240 g/mol. The number of likely N-dealkylation sites (tertiary alicyclic amines) is 1. The number of piperidine rings is 1. The van der Waals surface area contributed by atoms with Crippen LogP contribution in [0.25, 0.3) is 0 Å². The van der Waals surface area contributed by atoms with Gasteiger partial charge in [-0.25, -0.2) is 0 Å². The van der Waals surface area contributed by atoms with Crippen molar-refractivity contribution in [3.63, 3.8) is 0 Å². The first kappa shape index (κ1) is 13.3. The van der Waals surface area contributed by atoms with E-state index in [0.29, 0.717) is 5.54 Å². The molecular formula is C14H28N2O. The van der Waals surface area contributed by atoms with Gasteiger partial charge >= 0.3 is 0 Å². The molecule has 0 spiro atoms. The SMILES string of the molecule is COCC1CCCN(C2(CN)CCCCC2)C1. The first-order valence-electron chi connectivity index (χ1n) is 7.25. The van der Waals surface area contributed by atoms with Gasteiger partial charge in [0.25, 0.3) is 0 Å². The van der Waals surface area contributed by atoms with Crippen molar-refractivity contribution in [2.24, 2.45) is 11.7 Å². The summed E-state index contributed by atoms with van der Waals surface area (Å²) in [7, 11) is 1.82. The lowest BCUT2D eigenvalue weighted by molar-refractivity contribution is 0.00243. The Morgan fingerprint density at radius 1 is 1.24 bits per heavy atom. The molecule has 0 radical (unpaired) electrons. The van der Waals surface area contributed by atoms with E-state index in [1.165, 1.54) is 58.0 Å². The molecule has 2 aliphatic rings. The molecular weight excluding hydrogens is 212 g/mol. The van der Waals surface area contributed by atoms with Crippen LogP contribution >= 0.6 is 0 Å². The lowest BCUT2D eigenvalue weighted by atomic mass is 9.78. The van der Waals surface area contributed by atoms with Crippen molar-refractivity contribution in [2.45, 2.75) is 50.5 Å². The van der Waals surface area contributed by atoms with E-state index in [2.05, 4.69) is 4.90 Å². The summed E-state index contributed by atoms with van der Waals surface area (Å²) in [6.45, 7) is 4.20. The Morgan fingerprint density at radius 2 is 2.00 bits per heavy atom. The van der Waals surface area contributed by atoms with Gasteiger partial charge in [-0.15, -0.1) is 0 Å². The number of nitrogens with zero attached hydrogens (tertiary/aromatic N) is 1. The zero-order valence-electron chi connectivity index (χ0n) is 11.3. The number of hydrogen-bond acceptors (Lipinski definition) is 3. The van der Waals surface area contributed by atoms with Crippen molar-refractivity contribution in [1.82, 2.24) is 4.90 Å². The third kappa shape index (κ3) is 3.01. The fourth-order valence-corrected chi connectivity index (χ4v) is 3.73. The summed E-state index contributed by atoms with van der Waals surface area (Å²) in [6.07, 6.45) is 9.38. The van der Waals surface area contributed by atoms with Crippen LogP contribution in [0, 0.1) is 5.92 Å². The van der Waals surface area contributed by atoms with Crippen LogP contribution in [0.3, 0.4) is 0 Å². The van der Waals surface area contributed by atoms with E-state index >= 15 is 0 Å². The maximum absolute atomic E-state index is 6.12. The molecule has 0 aromatic rings. The summed E-state index contributed by atoms with van der Waals surface area (Å²) in [6, 6.07) is 0. The third-order valence-electron chi connectivity index (χ3n) is 4.76. The van der Waals surface area contributed by atoms with Crippen LogP contribution in [-0.2, 0) is 4.74 Å². The molecule has 1 aliphatic carbocycles. The van der Waals surface area contributed by atoms with E-state index < -0.39 is 0 Å². The van der Waals surface area contributed by atoms with E-state index in [1.807, 2.05) is 7.11 Å². The molecule has 1 saturated heterocycles. The van der Waals surface area contributed by atoms with E-state index in [-0.39, 0.29) is 0 Å². The molecule has 0 bridgehead atoms. The van der Waals surface area contributed by atoms with Crippen LogP contribution in [0.4, 0.5) is 0 Å². The van der Waals surface area contributed by atoms with Crippen molar-refractivity contribution in [3.8, 4) is 0 Å². The minimum absolute atomic E-state index is 0.324. The quantitative estimate of drug-likeness (QED) is 0.817. The monoisotopic (exact) mass is 240 g/mol. The molecule has 17 heavy (non-hydrogen) atoms. The highest BCUT2D eigenvalue weighted by atomic mass is 16.5. The second-order valence-electron chi connectivity index (χ2n) is 5.90. The number of hydrogen-bond donors (Lipinski definition) is 1. The smallest absolute Gasteiger partial charge is 0.0502 e. The molecule has 0 aromatic heterocycles. The molecule has 100 valence electrons. The van der Waals surface area contributed by atoms with Gasteiger partial charge in [-0.05, 0) is 38.1 Å². The van der Waals surface area contributed by atoms with Crippen molar-refractivity contribution >= 4 is 0 Å². The van der Waals surface area contributed by atoms with Crippen molar-refractivity contribution < 1.29 is 4.74 Å². The Labute approximate surface area is 106 Å². The van der Waals surface area contributed by atoms with Gasteiger partial charge in [0, 0.05) is 25.7 Å². The molecule has 1 atom stereocenters. The number of ether oxygens (including phenoxy) is 1. The predicted octanol–water partition coefficient (Wildman–Crippen LogP) is 2.01. The summed E-state index contributed by atoms with van der Waals surface area (Å²) >= 11 is 0. The average Bonchev–Trinajstić information content (AvgIpc) is 2.40. The molecule has 3 heteroatoms. The van der Waals surface area contributed by atoms with Crippen LogP contribution < -0.4 is 5.73 Å². The molecule has 1 unspecified atom stereocenters. The Hall–Kier alpha value is -0.120. The first-order valence-corrected chi connectivity index (χ1v) is 7.25. The molecule has 2 N–H and O–H groups in total. The normalized spacial score (nSPS) is 30.4. The molecule has 1 aliphatic heterocycles.